The Balaban J connectivity index is 0.000000925. The number of hydrogen-bond acceptors (Lipinski definition) is 8. The fourth-order valence-corrected chi connectivity index (χ4v) is 7.37. The van der Waals surface area contributed by atoms with Crippen LogP contribution in [0.1, 0.15) is 24.8 Å². The van der Waals surface area contributed by atoms with Crippen molar-refractivity contribution < 1.29 is 23.1 Å². The molecular weight excluding hydrogens is 532 g/mol. The number of nitrogens with zero attached hydrogens (tertiary/aromatic N) is 4. The van der Waals surface area contributed by atoms with E-state index < -0.39 is 15.4 Å². The minimum absolute atomic E-state index is 0.157. The first-order valence-corrected chi connectivity index (χ1v) is 15.3. The van der Waals surface area contributed by atoms with Gasteiger partial charge in [-0.15, -0.1) is 0 Å². The number of nitrogens with one attached hydrogen (secondary N) is 2. The van der Waals surface area contributed by atoms with E-state index in [4.69, 9.17) is 14.9 Å². The van der Waals surface area contributed by atoms with Crippen LogP contribution in [0.3, 0.4) is 0 Å². The van der Waals surface area contributed by atoms with Crippen molar-refractivity contribution >= 4 is 50.5 Å². The lowest BCUT2D eigenvalue weighted by atomic mass is 9.64. The number of carbonyl (C=O) groups is 2. The highest BCUT2D eigenvalue weighted by Crippen LogP contribution is 2.55. The first-order chi connectivity index (χ1) is 19.1. The molecule has 2 unspecified atom stereocenters. The number of aromatic nitrogens is 2. The zero-order chi connectivity index (χ0) is 28.2. The third kappa shape index (κ3) is 4.26. The highest BCUT2D eigenvalue weighted by Gasteiger charge is 2.54. The number of sulfonamides is 1. The monoisotopic (exact) mass is 564 g/mol. The predicted octanol–water partition coefficient (Wildman–Crippen LogP) is 2.42. The Hall–Kier alpha value is -3.77. The van der Waals surface area contributed by atoms with Gasteiger partial charge in [-0.25, -0.2) is 13.4 Å². The van der Waals surface area contributed by atoms with Gasteiger partial charge in [0.1, 0.15) is 0 Å². The summed E-state index contributed by atoms with van der Waals surface area (Å²) in [5, 5.41) is 11.3. The average molecular weight is 565 g/mol. The van der Waals surface area contributed by atoms with Crippen molar-refractivity contribution in [3.8, 4) is 11.1 Å². The van der Waals surface area contributed by atoms with Crippen molar-refractivity contribution in [2.24, 2.45) is 11.8 Å². The van der Waals surface area contributed by atoms with E-state index >= 15 is 0 Å². The molecule has 2 saturated heterocycles. The van der Waals surface area contributed by atoms with Gasteiger partial charge in [0.2, 0.25) is 15.9 Å². The van der Waals surface area contributed by atoms with E-state index in [1.165, 1.54) is 6.26 Å². The summed E-state index contributed by atoms with van der Waals surface area (Å²) < 4.78 is 27.3. The van der Waals surface area contributed by atoms with Gasteiger partial charge in [-0.2, -0.15) is 0 Å². The number of likely N-dealkylation sites (N-methyl/N-ethyl adjacent to an activating group) is 1. The summed E-state index contributed by atoms with van der Waals surface area (Å²) in [7, 11) is -1.66. The summed E-state index contributed by atoms with van der Waals surface area (Å²) in [5.74, 6) is 1.95. The molecule has 1 aromatic carbocycles. The highest BCUT2D eigenvalue weighted by molar-refractivity contribution is 7.92. The third-order valence-electron chi connectivity index (χ3n) is 8.79. The number of benzene rings is 1. The summed E-state index contributed by atoms with van der Waals surface area (Å²) in [6, 6.07) is 7.93. The maximum Gasteiger partial charge on any atom is 0.290 e. The van der Waals surface area contributed by atoms with Crippen molar-refractivity contribution in [1.29, 1.82) is 0 Å². The molecular formula is C28H32N6O5S. The molecule has 5 heterocycles. The van der Waals surface area contributed by atoms with Crippen LogP contribution in [0.25, 0.3) is 22.0 Å². The van der Waals surface area contributed by atoms with E-state index in [1.807, 2.05) is 37.6 Å². The Bertz CT molecular complexity index is 1610. The Morgan fingerprint density at radius 2 is 1.80 bits per heavy atom. The molecule has 3 aromatic rings. The summed E-state index contributed by atoms with van der Waals surface area (Å²) in [6.45, 7) is 3.45. The standard InChI is InChI=1S/C27H30N6O3S.CH2O2/c1-32-23-13-29-21-5-4-16(8-20(21)24(23)27(26(32)34)6-3-7-27)17-9-22(31-37(2,35)36)25(30-12-17)33-14-18-10-28-11-19(18)15-33;2-1-3/h4-5,8-9,12-13,18-19,28,31H,3,6-7,10-11,14-15H2,1-2H3;1H,(H,2,3). The number of amides is 1. The van der Waals surface area contributed by atoms with Crippen LogP contribution in [-0.4, -0.2) is 75.4 Å². The second kappa shape index (κ2) is 9.70. The van der Waals surface area contributed by atoms with E-state index in [9.17, 15) is 13.2 Å². The van der Waals surface area contributed by atoms with Crippen molar-refractivity contribution in [3.63, 3.8) is 0 Å². The molecule has 0 radical (unpaired) electrons. The van der Waals surface area contributed by atoms with E-state index in [-0.39, 0.29) is 12.4 Å². The number of rotatable bonds is 4. The highest BCUT2D eigenvalue weighted by atomic mass is 32.2. The molecule has 1 saturated carbocycles. The number of pyridine rings is 2. The van der Waals surface area contributed by atoms with E-state index in [2.05, 4.69) is 26.0 Å². The fraction of sp³-hybridized carbons (Fsp3) is 0.429. The second-order valence-corrected chi connectivity index (χ2v) is 13.0. The van der Waals surface area contributed by atoms with Gasteiger partial charge in [-0.05, 0) is 48.4 Å². The van der Waals surface area contributed by atoms with Crippen LogP contribution in [0, 0.1) is 11.8 Å². The second-order valence-electron chi connectivity index (χ2n) is 11.2. The van der Waals surface area contributed by atoms with Crippen LogP contribution in [0.15, 0.2) is 36.7 Å². The summed E-state index contributed by atoms with van der Waals surface area (Å²) in [6.07, 6.45) is 7.57. The SMILES string of the molecule is CN1C(=O)C2(CCC2)c2c1cnc1ccc(-c3cnc(N4CC5CNCC5C4)c(NS(C)(=O)=O)c3)cc21.O=CO. The third-order valence-corrected chi connectivity index (χ3v) is 9.38. The molecule has 3 aliphatic heterocycles. The van der Waals surface area contributed by atoms with Crippen LogP contribution < -0.4 is 19.8 Å². The van der Waals surface area contributed by atoms with Crippen LogP contribution in [0.4, 0.5) is 17.2 Å². The lowest BCUT2D eigenvalue weighted by Crippen LogP contribution is -2.43. The molecule has 1 amide bonds. The molecule has 7 rings (SSSR count). The summed E-state index contributed by atoms with van der Waals surface area (Å²) in [5.41, 5.74) is 4.60. The Morgan fingerprint density at radius 1 is 1.10 bits per heavy atom. The van der Waals surface area contributed by atoms with Crippen LogP contribution >= 0.6 is 0 Å². The lowest BCUT2D eigenvalue weighted by Gasteiger charge is -2.37. The average Bonchev–Trinajstić information content (AvgIpc) is 3.55. The van der Waals surface area contributed by atoms with Gasteiger partial charge in [0.05, 0.1) is 34.8 Å². The molecule has 0 bridgehead atoms. The Labute approximate surface area is 232 Å². The number of carboxylic acid groups (broad SMARTS) is 1. The maximum absolute atomic E-state index is 13.2. The van der Waals surface area contributed by atoms with Gasteiger partial charge in [0.25, 0.3) is 6.47 Å². The molecule has 2 aromatic heterocycles. The van der Waals surface area contributed by atoms with Crippen LogP contribution in [0.2, 0.25) is 0 Å². The minimum atomic E-state index is -3.49. The topological polar surface area (TPSA) is 145 Å². The van der Waals surface area contributed by atoms with E-state index in [0.717, 1.165) is 78.7 Å². The van der Waals surface area contributed by atoms with E-state index in [1.54, 1.807) is 4.90 Å². The molecule has 40 heavy (non-hydrogen) atoms. The van der Waals surface area contributed by atoms with Crippen molar-refractivity contribution in [2.45, 2.75) is 24.7 Å². The Morgan fingerprint density at radius 3 is 2.42 bits per heavy atom. The fourth-order valence-electron chi connectivity index (χ4n) is 6.82. The molecule has 4 aliphatic rings. The van der Waals surface area contributed by atoms with Crippen molar-refractivity contribution in [3.05, 3.63) is 42.2 Å². The first kappa shape index (κ1) is 26.5. The number of fused-ring (bicyclic) bond motifs is 5. The predicted molar refractivity (Wildman–Crippen MR) is 153 cm³/mol. The molecule has 11 nitrogen and oxygen atoms in total. The number of hydrogen-bond donors (Lipinski definition) is 3. The normalized spacial score (nSPS) is 22.5. The van der Waals surface area contributed by atoms with Gasteiger partial charge in [0, 0.05) is 55.9 Å². The summed E-state index contributed by atoms with van der Waals surface area (Å²) >= 11 is 0. The minimum Gasteiger partial charge on any atom is -0.483 e. The lowest BCUT2D eigenvalue weighted by molar-refractivity contribution is -0.125. The molecule has 1 spiro atoms. The van der Waals surface area contributed by atoms with Gasteiger partial charge in [-0.1, -0.05) is 12.5 Å². The van der Waals surface area contributed by atoms with Crippen LogP contribution in [-0.2, 0) is 25.0 Å². The first-order valence-electron chi connectivity index (χ1n) is 13.4. The molecule has 2 atom stereocenters. The Kier molecular flexibility index (Phi) is 6.42. The van der Waals surface area contributed by atoms with Gasteiger partial charge in [-0.3, -0.25) is 19.3 Å². The maximum atomic E-state index is 13.2. The zero-order valence-electron chi connectivity index (χ0n) is 22.4. The van der Waals surface area contributed by atoms with Crippen molar-refractivity contribution in [2.75, 3.05) is 54.0 Å². The number of anilines is 3. The zero-order valence-corrected chi connectivity index (χ0v) is 23.2. The molecule has 3 fully saturated rings. The van der Waals surface area contributed by atoms with Crippen LogP contribution in [0.5, 0.6) is 0 Å². The summed E-state index contributed by atoms with van der Waals surface area (Å²) in [4.78, 5) is 34.9. The quantitative estimate of drug-likeness (QED) is 0.407. The smallest absolute Gasteiger partial charge is 0.290 e. The molecule has 3 N–H and O–H groups in total. The van der Waals surface area contributed by atoms with Gasteiger partial charge < -0.3 is 20.2 Å². The van der Waals surface area contributed by atoms with Gasteiger partial charge >= 0.3 is 0 Å². The molecule has 1 aliphatic carbocycles. The largest absolute Gasteiger partial charge is 0.483 e. The van der Waals surface area contributed by atoms with Gasteiger partial charge in [0.15, 0.2) is 5.82 Å². The molecule has 12 heteroatoms. The van der Waals surface area contributed by atoms with Crippen molar-refractivity contribution in [1.82, 2.24) is 15.3 Å². The number of carbonyl (C=O) groups excluding carboxylic acids is 1. The van der Waals surface area contributed by atoms with E-state index in [0.29, 0.717) is 23.3 Å². The molecule has 210 valence electrons.